The molecule has 1 radical (unpaired) electrons. The molecule has 0 amide bonds. The molecule has 0 aliphatic heterocycles. The molecule has 1 nitrogen and oxygen atoms in total. The van der Waals surface area contributed by atoms with Crippen molar-refractivity contribution < 1.29 is 0 Å². The highest BCUT2D eigenvalue weighted by Gasteiger charge is 2.09. The topological polar surface area (TPSA) is 12.0 Å². The minimum Gasteiger partial charge on any atom is -0.398 e. The van der Waals surface area contributed by atoms with E-state index in [1.165, 1.54) is 5.56 Å². The Labute approximate surface area is 102 Å². The standard InChI is InChI=1S/C13H13ClNSi/c14-16(11-12-7-3-1-4-8-12)15-13-9-5-2-6-10-13/h1-10,15H,11H2. The second-order valence-electron chi connectivity index (χ2n) is 3.56. The molecule has 2 aromatic rings. The molecule has 0 saturated carbocycles. The van der Waals surface area contributed by atoms with Crippen LogP contribution in [0.1, 0.15) is 5.56 Å². The van der Waals surface area contributed by atoms with E-state index in [1.54, 1.807) is 0 Å². The molecule has 0 aliphatic carbocycles. The van der Waals surface area contributed by atoms with Gasteiger partial charge in [-0.25, -0.2) is 0 Å². The molecule has 0 aliphatic rings. The molecule has 0 unspecified atom stereocenters. The van der Waals surface area contributed by atoms with Gasteiger partial charge in [-0.2, -0.15) is 0 Å². The minimum absolute atomic E-state index is 0.919. The van der Waals surface area contributed by atoms with E-state index in [4.69, 9.17) is 11.1 Å². The maximum atomic E-state index is 6.34. The molecule has 2 rings (SSSR count). The monoisotopic (exact) mass is 246 g/mol. The Hall–Kier alpha value is -1.25. The van der Waals surface area contributed by atoms with Gasteiger partial charge in [0.25, 0.3) is 8.27 Å². The molecule has 0 bridgehead atoms. The van der Waals surface area contributed by atoms with Crippen LogP contribution < -0.4 is 4.98 Å². The third kappa shape index (κ3) is 3.40. The second kappa shape index (κ2) is 5.73. The average Bonchev–Trinajstić information content (AvgIpc) is 2.31. The first-order valence-electron chi connectivity index (χ1n) is 5.22. The third-order valence-corrected chi connectivity index (χ3v) is 4.22. The van der Waals surface area contributed by atoms with Crippen LogP contribution in [0.4, 0.5) is 5.69 Å². The molecule has 0 atom stereocenters. The Morgan fingerprint density at radius 3 is 2.06 bits per heavy atom. The number of rotatable bonds is 4. The van der Waals surface area contributed by atoms with Crippen LogP contribution in [0.25, 0.3) is 0 Å². The molecule has 0 spiro atoms. The number of hydrogen-bond donors (Lipinski definition) is 1. The molecule has 0 aromatic heterocycles. The zero-order valence-electron chi connectivity index (χ0n) is 8.86. The van der Waals surface area contributed by atoms with Crippen LogP contribution in [0.2, 0.25) is 0 Å². The Morgan fingerprint density at radius 1 is 0.875 bits per heavy atom. The first-order valence-corrected chi connectivity index (χ1v) is 7.94. The summed E-state index contributed by atoms with van der Waals surface area (Å²) in [7, 11) is -1.07. The van der Waals surface area contributed by atoms with Gasteiger partial charge in [0.1, 0.15) is 0 Å². The van der Waals surface area contributed by atoms with Crippen LogP contribution in [0.15, 0.2) is 60.7 Å². The van der Waals surface area contributed by atoms with Crippen molar-refractivity contribution in [3.8, 4) is 0 Å². The molecule has 0 saturated heterocycles. The Balaban J connectivity index is 1.92. The Morgan fingerprint density at radius 2 is 1.44 bits per heavy atom. The average molecular weight is 247 g/mol. The van der Waals surface area contributed by atoms with Crippen LogP contribution in [0.5, 0.6) is 0 Å². The van der Waals surface area contributed by atoms with Crippen LogP contribution in [-0.2, 0) is 6.04 Å². The number of benzene rings is 2. The maximum Gasteiger partial charge on any atom is 0.285 e. The molecule has 3 heteroatoms. The molecule has 2 aromatic carbocycles. The molecule has 0 heterocycles. The van der Waals surface area contributed by atoms with E-state index in [1.807, 2.05) is 48.5 Å². The van der Waals surface area contributed by atoms with Gasteiger partial charge in [0, 0.05) is 5.69 Å². The summed E-state index contributed by atoms with van der Waals surface area (Å²) in [5.74, 6) is 0. The number of halogens is 1. The van der Waals surface area contributed by atoms with Gasteiger partial charge in [-0.1, -0.05) is 48.5 Å². The lowest BCUT2D eigenvalue weighted by atomic mass is 10.2. The zero-order valence-corrected chi connectivity index (χ0v) is 10.6. The van der Waals surface area contributed by atoms with Gasteiger partial charge in [-0.15, -0.1) is 11.1 Å². The van der Waals surface area contributed by atoms with Crippen molar-refractivity contribution in [3.05, 3.63) is 66.2 Å². The highest BCUT2D eigenvalue weighted by Crippen LogP contribution is 2.10. The van der Waals surface area contributed by atoms with E-state index in [-0.39, 0.29) is 0 Å². The van der Waals surface area contributed by atoms with Crippen molar-refractivity contribution in [1.82, 2.24) is 0 Å². The molecule has 16 heavy (non-hydrogen) atoms. The van der Waals surface area contributed by atoms with Crippen molar-refractivity contribution in [2.45, 2.75) is 6.04 Å². The smallest absolute Gasteiger partial charge is 0.285 e. The Bertz CT molecular complexity index is 377. The van der Waals surface area contributed by atoms with Crippen molar-refractivity contribution in [1.29, 1.82) is 0 Å². The third-order valence-electron chi connectivity index (χ3n) is 2.26. The van der Waals surface area contributed by atoms with E-state index in [0.29, 0.717) is 0 Å². The molecule has 81 valence electrons. The van der Waals surface area contributed by atoms with Crippen molar-refractivity contribution >= 4 is 25.0 Å². The summed E-state index contributed by atoms with van der Waals surface area (Å²) in [6, 6.07) is 21.4. The second-order valence-corrected chi connectivity index (χ2v) is 6.34. The molecular formula is C13H13ClNSi. The number of para-hydroxylation sites is 1. The Kier molecular flexibility index (Phi) is 4.02. The summed E-state index contributed by atoms with van der Waals surface area (Å²) in [6.07, 6.45) is 0. The first-order chi connectivity index (χ1) is 7.84. The summed E-state index contributed by atoms with van der Waals surface area (Å²) in [6.45, 7) is 0. The predicted molar refractivity (Wildman–Crippen MR) is 71.8 cm³/mol. The summed E-state index contributed by atoms with van der Waals surface area (Å²) >= 11 is 6.34. The summed E-state index contributed by atoms with van der Waals surface area (Å²) in [5.41, 5.74) is 2.39. The van der Waals surface area contributed by atoms with Crippen molar-refractivity contribution in [3.63, 3.8) is 0 Å². The predicted octanol–water partition coefficient (Wildman–Crippen LogP) is 3.61. The zero-order chi connectivity index (χ0) is 11.2. The van der Waals surface area contributed by atoms with Crippen molar-refractivity contribution in [2.75, 3.05) is 4.98 Å². The fourth-order valence-electron chi connectivity index (χ4n) is 1.50. The number of nitrogens with one attached hydrogen (secondary N) is 1. The van der Waals surface area contributed by atoms with Gasteiger partial charge >= 0.3 is 0 Å². The highest BCUT2D eigenvalue weighted by molar-refractivity contribution is 7.08. The fourth-order valence-corrected chi connectivity index (χ4v) is 3.45. The number of hydrogen-bond acceptors (Lipinski definition) is 1. The lowest BCUT2D eigenvalue weighted by Crippen LogP contribution is -2.21. The van der Waals surface area contributed by atoms with E-state index in [0.717, 1.165) is 11.7 Å². The molecular weight excluding hydrogens is 234 g/mol. The van der Waals surface area contributed by atoms with E-state index in [2.05, 4.69) is 17.1 Å². The number of anilines is 1. The summed E-state index contributed by atoms with van der Waals surface area (Å²) in [5, 5.41) is 0. The van der Waals surface area contributed by atoms with Gasteiger partial charge in [0.15, 0.2) is 0 Å². The van der Waals surface area contributed by atoms with Gasteiger partial charge in [-0.3, -0.25) is 0 Å². The van der Waals surface area contributed by atoms with Gasteiger partial charge in [-0.05, 0) is 23.7 Å². The van der Waals surface area contributed by atoms with Gasteiger partial charge in [0.2, 0.25) is 0 Å². The van der Waals surface area contributed by atoms with Gasteiger partial charge in [0.05, 0.1) is 0 Å². The quantitative estimate of drug-likeness (QED) is 0.642. The lowest BCUT2D eigenvalue weighted by Gasteiger charge is -2.10. The highest BCUT2D eigenvalue weighted by atomic mass is 35.6. The molecule has 1 N–H and O–H groups in total. The van der Waals surface area contributed by atoms with E-state index >= 15 is 0 Å². The summed E-state index contributed by atoms with van der Waals surface area (Å²) in [4.78, 5) is 3.36. The lowest BCUT2D eigenvalue weighted by molar-refractivity contribution is 1.37. The van der Waals surface area contributed by atoms with E-state index in [9.17, 15) is 0 Å². The van der Waals surface area contributed by atoms with Crippen LogP contribution >= 0.6 is 11.1 Å². The molecule has 0 fully saturated rings. The largest absolute Gasteiger partial charge is 0.398 e. The minimum atomic E-state index is -1.07. The van der Waals surface area contributed by atoms with Crippen LogP contribution in [0, 0.1) is 0 Å². The SMILES string of the molecule is Cl[Si](Cc1ccccc1)Nc1ccccc1. The van der Waals surface area contributed by atoms with Gasteiger partial charge < -0.3 is 4.98 Å². The first kappa shape index (κ1) is 11.2. The maximum absolute atomic E-state index is 6.34. The van der Waals surface area contributed by atoms with E-state index < -0.39 is 8.27 Å². The van der Waals surface area contributed by atoms with Crippen molar-refractivity contribution in [2.24, 2.45) is 0 Å². The van der Waals surface area contributed by atoms with Crippen LogP contribution in [-0.4, -0.2) is 8.27 Å². The fraction of sp³-hybridized carbons (Fsp3) is 0.0769. The summed E-state index contributed by atoms with van der Waals surface area (Å²) < 4.78 is 0. The normalized spacial score (nSPS) is 10.4. The van der Waals surface area contributed by atoms with Crippen LogP contribution in [0.3, 0.4) is 0 Å².